The average molecular weight is 385 g/mol. The fourth-order valence-electron chi connectivity index (χ4n) is 3.73. The van der Waals surface area contributed by atoms with Crippen LogP contribution in [0.25, 0.3) is 0 Å². The molecule has 0 saturated heterocycles. The minimum Gasteiger partial charge on any atom is -0.468 e. The van der Waals surface area contributed by atoms with Crippen LogP contribution in [0.1, 0.15) is 60.8 Å². The second kappa shape index (κ2) is 9.53. The van der Waals surface area contributed by atoms with Crippen LogP contribution in [0, 0.1) is 17.3 Å². The lowest BCUT2D eigenvalue weighted by molar-refractivity contribution is -0.144. The summed E-state index contributed by atoms with van der Waals surface area (Å²) in [4.78, 5) is 35.3. The second-order valence-electron chi connectivity index (χ2n) is 8.95. The fourth-order valence-corrected chi connectivity index (χ4v) is 3.73. The normalized spacial score (nSPS) is 22.3. The molecule has 3 atom stereocenters. The zero-order chi connectivity index (χ0) is 20.8. The molecule has 0 unspecified atom stereocenters. The van der Waals surface area contributed by atoms with E-state index in [0.29, 0.717) is 25.4 Å². The first-order chi connectivity index (χ1) is 12.4. The number of methoxy groups -OCH3 is 1. The number of carbonyl (C=O) groups is 3. The highest BCUT2D eigenvalue weighted by molar-refractivity contribution is 5.80. The molecule has 1 fully saturated rings. The lowest BCUT2D eigenvalue weighted by Gasteiger charge is -2.51. The Hall–Kier alpha value is -1.63. The van der Waals surface area contributed by atoms with Crippen molar-refractivity contribution in [2.24, 2.45) is 17.3 Å². The zero-order valence-electron chi connectivity index (χ0n) is 17.8. The third-order valence-corrected chi connectivity index (χ3v) is 5.43. The van der Waals surface area contributed by atoms with Gasteiger partial charge < -0.3 is 20.1 Å². The van der Waals surface area contributed by atoms with E-state index in [-0.39, 0.29) is 23.1 Å². The van der Waals surface area contributed by atoms with Crippen LogP contribution >= 0.6 is 0 Å². The predicted octanol–water partition coefficient (Wildman–Crippen LogP) is 2.67. The van der Waals surface area contributed by atoms with Gasteiger partial charge in [-0.3, -0.25) is 9.59 Å². The molecule has 0 aromatic rings. The maximum absolute atomic E-state index is 12.0. The van der Waals surface area contributed by atoms with Crippen LogP contribution in [0.2, 0.25) is 0 Å². The van der Waals surface area contributed by atoms with E-state index in [0.717, 1.165) is 12.8 Å². The van der Waals surface area contributed by atoms with E-state index in [1.165, 1.54) is 7.11 Å². The summed E-state index contributed by atoms with van der Waals surface area (Å²) >= 11 is 0. The number of amides is 1. The topological polar surface area (TPSA) is 93.7 Å². The van der Waals surface area contributed by atoms with Crippen LogP contribution in [0.15, 0.2) is 0 Å². The molecule has 0 aliphatic heterocycles. The number of alkyl carbamates (subject to hydrolysis) is 1. The summed E-state index contributed by atoms with van der Waals surface area (Å²) in [6.07, 6.45) is 1.89. The quantitative estimate of drug-likeness (QED) is 0.469. The van der Waals surface area contributed by atoms with Gasteiger partial charge in [0.25, 0.3) is 0 Å². The molecule has 1 amide bonds. The molecule has 0 radical (unpaired) electrons. The van der Waals surface area contributed by atoms with Crippen LogP contribution in [0.5, 0.6) is 0 Å². The Morgan fingerprint density at radius 3 is 2.30 bits per heavy atom. The smallest absolute Gasteiger partial charge is 0.407 e. The molecular weight excluding hydrogens is 348 g/mol. The average Bonchev–Trinajstić information content (AvgIpc) is 2.52. The molecule has 7 heteroatoms. The van der Waals surface area contributed by atoms with Crippen LogP contribution < -0.4 is 10.6 Å². The zero-order valence-corrected chi connectivity index (χ0v) is 17.8. The monoisotopic (exact) mass is 384 g/mol. The summed E-state index contributed by atoms with van der Waals surface area (Å²) in [7, 11) is 1.37. The van der Waals surface area contributed by atoms with Gasteiger partial charge in [0, 0.05) is 19.0 Å². The SMILES string of the molecule is COC(=O)[C@@H](CC[C@@H]1C[C@H](C(C)=O)C1(C)C)NCCNC(=O)OC(C)(C)C. The summed E-state index contributed by atoms with van der Waals surface area (Å²) < 4.78 is 10.1. The number of ketones is 1. The van der Waals surface area contributed by atoms with Crippen molar-refractivity contribution in [1.82, 2.24) is 10.6 Å². The Bertz CT molecular complexity index is 539. The molecule has 2 N–H and O–H groups in total. The van der Waals surface area contributed by atoms with E-state index in [1.54, 1.807) is 27.7 Å². The first-order valence-electron chi connectivity index (χ1n) is 9.67. The molecule has 0 aromatic heterocycles. The van der Waals surface area contributed by atoms with Crippen molar-refractivity contribution in [2.45, 2.75) is 72.4 Å². The third-order valence-electron chi connectivity index (χ3n) is 5.43. The first-order valence-corrected chi connectivity index (χ1v) is 9.67. The molecule has 7 nitrogen and oxygen atoms in total. The van der Waals surface area contributed by atoms with Crippen LogP contribution in [-0.4, -0.2) is 49.7 Å². The molecule has 27 heavy (non-hydrogen) atoms. The molecule has 1 rings (SSSR count). The van der Waals surface area contributed by atoms with Crippen LogP contribution in [-0.2, 0) is 19.1 Å². The summed E-state index contributed by atoms with van der Waals surface area (Å²) in [6, 6.07) is -0.428. The maximum atomic E-state index is 12.0. The molecule has 0 bridgehead atoms. The van der Waals surface area contributed by atoms with Gasteiger partial charge >= 0.3 is 12.1 Å². The Labute approximate surface area is 162 Å². The molecule has 0 spiro atoms. The number of hydrogen-bond acceptors (Lipinski definition) is 6. The molecule has 1 aliphatic carbocycles. The van der Waals surface area contributed by atoms with Crippen molar-refractivity contribution < 1.29 is 23.9 Å². The molecule has 156 valence electrons. The number of hydrogen-bond donors (Lipinski definition) is 2. The molecular formula is C20H36N2O5. The number of rotatable bonds is 9. The summed E-state index contributed by atoms with van der Waals surface area (Å²) in [5, 5.41) is 5.80. The van der Waals surface area contributed by atoms with Gasteiger partial charge in [-0.15, -0.1) is 0 Å². The predicted molar refractivity (Wildman–Crippen MR) is 103 cm³/mol. The van der Waals surface area contributed by atoms with Gasteiger partial charge in [0.1, 0.15) is 17.4 Å². The number of Topliss-reactive ketones (excluding diaryl/α,β-unsaturated/α-hetero) is 1. The van der Waals surface area contributed by atoms with Crippen molar-refractivity contribution in [3.05, 3.63) is 0 Å². The van der Waals surface area contributed by atoms with Gasteiger partial charge in [-0.05, 0) is 58.3 Å². The van der Waals surface area contributed by atoms with Crippen LogP contribution in [0.3, 0.4) is 0 Å². The minimum atomic E-state index is -0.542. The minimum absolute atomic E-state index is 0.0230. The fraction of sp³-hybridized carbons (Fsp3) is 0.850. The molecule has 1 saturated carbocycles. The highest BCUT2D eigenvalue weighted by Crippen LogP contribution is 2.53. The lowest BCUT2D eigenvalue weighted by atomic mass is 9.52. The van der Waals surface area contributed by atoms with Crippen molar-refractivity contribution in [3.8, 4) is 0 Å². The van der Waals surface area contributed by atoms with Gasteiger partial charge in [-0.2, -0.15) is 0 Å². The number of ether oxygens (including phenoxy) is 2. The molecule has 0 aromatic carbocycles. The number of esters is 1. The van der Waals surface area contributed by atoms with E-state index in [9.17, 15) is 14.4 Å². The van der Waals surface area contributed by atoms with Gasteiger partial charge in [0.2, 0.25) is 0 Å². The van der Waals surface area contributed by atoms with Gasteiger partial charge in [0.15, 0.2) is 0 Å². The van der Waals surface area contributed by atoms with E-state index < -0.39 is 17.7 Å². The Morgan fingerprint density at radius 2 is 1.81 bits per heavy atom. The first kappa shape index (κ1) is 23.4. The van der Waals surface area contributed by atoms with Crippen molar-refractivity contribution in [3.63, 3.8) is 0 Å². The highest BCUT2D eigenvalue weighted by atomic mass is 16.6. The third kappa shape index (κ3) is 7.13. The molecule has 1 aliphatic rings. The largest absolute Gasteiger partial charge is 0.468 e. The number of carbonyl (C=O) groups excluding carboxylic acids is 3. The standard InChI is InChI=1S/C20H36N2O5/c1-13(23)15-12-14(20(15,5)6)8-9-16(17(24)26-7)21-10-11-22-18(25)27-19(2,3)4/h14-16,21H,8-12H2,1-7H3,(H,22,25)/t14-,15-,16-/m1/s1. The van der Waals surface area contributed by atoms with Gasteiger partial charge in [-0.1, -0.05) is 13.8 Å². The Morgan fingerprint density at radius 1 is 1.19 bits per heavy atom. The van der Waals surface area contributed by atoms with Crippen LogP contribution in [0.4, 0.5) is 4.79 Å². The van der Waals surface area contributed by atoms with Crippen molar-refractivity contribution in [2.75, 3.05) is 20.2 Å². The maximum Gasteiger partial charge on any atom is 0.407 e. The van der Waals surface area contributed by atoms with E-state index in [1.807, 2.05) is 0 Å². The van der Waals surface area contributed by atoms with Crippen molar-refractivity contribution >= 4 is 17.8 Å². The summed E-state index contributed by atoms with van der Waals surface area (Å²) in [5.41, 5.74) is -0.565. The Balaban J connectivity index is 2.41. The highest BCUT2D eigenvalue weighted by Gasteiger charge is 2.49. The second-order valence-corrected chi connectivity index (χ2v) is 8.95. The summed E-state index contributed by atoms with van der Waals surface area (Å²) in [6.45, 7) is 12.1. The Kier molecular flexibility index (Phi) is 8.26. The van der Waals surface area contributed by atoms with E-state index >= 15 is 0 Å². The van der Waals surface area contributed by atoms with E-state index in [4.69, 9.17) is 9.47 Å². The van der Waals surface area contributed by atoms with Gasteiger partial charge in [0.05, 0.1) is 7.11 Å². The van der Waals surface area contributed by atoms with Gasteiger partial charge in [-0.25, -0.2) is 4.79 Å². The van der Waals surface area contributed by atoms with E-state index in [2.05, 4.69) is 24.5 Å². The lowest BCUT2D eigenvalue weighted by Crippen LogP contribution is -2.49. The number of nitrogens with one attached hydrogen (secondary N) is 2. The summed E-state index contributed by atoms with van der Waals surface area (Å²) in [5.74, 6) is 0.463. The van der Waals surface area contributed by atoms with Crippen molar-refractivity contribution in [1.29, 1.82) is 0 Å². The molecule has 0 heterocycles.